The SMILES string of the molecule is CCc1ccsc1C(=O)N(CC/C(N)=N/O)CC(C)C. The molecule has 1 aromatic heterocycles. The van der Waals surface area contributed by atoms with Gasteiger partial charge in [0.25, 0.3) is 5.91 Å². The molecule has 0 saturated heterocycles. The lowest BCUT2D eigenvalue weighted by Crippen LogP contribution is -2.36. The molecule has 0 aromatic carbocycles. The van der Waals surface area contributed by atoms with Crippen LogP contribution in [0, 0.1) is 5.92 Å². The fraction of sp³-hybridized carbons (Fsp3) is 0.571. The van der Waals surface area contributed by atoms with Gasteiger partial charge in [-0.1, -0.05) is 25.9 Å². The molecule has 1 amide bonds. The maximum atomic E-state index is 12.6. The zero-order valence-electron chi connectivity index (χ0n) is 12.3. The Kier molecular flexibility index (Phi) is 6.51. The molecule has 1 heterocycles. The summed E-state index contributed by atoms with van der Waals surface area (Å²) in [6.45, 7) is 7.31. The van der Waals surface area contributed by atoms with Gasteiger partial charge in [-0.2, -0.15) is 0 Å². The molecule has 5 nitrogen and oxygen atoms in total. The highest BCUT2D eigenvalue weighted by atomic mass is 32.1. The van der Waals surface area contributed by atoms with Gasteiger partial charge in [-0.25, -0.2) is 0 Å². The van der Waals surface area contributed by atoms with Crippen molar-refractivity contribution < 1.29 is 10.0 Å². The van der Waals surface area contributed by atoms with E-state index in [-0.39, 0.29) is 11.7 Å². The second-order valence-electron chi connectivity index (χ2n) is 5.11. The van der Waals surface area contributed by atoms with Crippen LogP contribution in [0.1, 0.15) is 42.4 Å². The van der Waals surface area contributed by atoms with E-state index < -0.39 is 0 Å². The Morgan fingerprint density at radius 1 is 1.55 bits per heavy atom. The maximum absolute atomic E-state index is 12.6. The molecular weight excluding hydrogens is 274 g/mol. The second-order valence-corrected chi connectivity index (χ2v) is 6.03. The summed E-state index contributed by atoms with van der Waals surface area (Å²) in [7, 11) is 0. The van der Waals surface area contributed by atoms with Crippen molar-refractivity contribution in [3.8, 4) is 0 Å². The molecule has 0 unspecified atom stereocenters. The van der Waals surface area contributed by atoms with E-state index >= 15 is 0 Å². The number of hydrogen-bond acceptors (Lipinski definition) is 4. The fourth-order valence-electron chi connectivity index (χ4n) is 1.96. The van der Waals surface area contributed by atoms with Crippen molar-refractivity contribution in [2.24, 2.45) is 16.8 Å². The number of carbonyl (C=O) groups excluding carboxylic acids is 1. The molecule has 6 heteroatoms. The van der Waals surface area contributed by atoms with Crippen LogP contribution in [-0.2, 0) is 6.42 Å². The number of hydrogen-bond donors (Lipinski definition) is 2. The Balaban J connectivity index is 2.84. The fourth-order valence-corrected chi connectivity index (χ4v) is 2.92. The van der Waals surface area contributed by atoms with Gasteiger partial charge in [0.05, 0.1) is 4.88 Å². The van der Waals surface area contributed by atoms with Crippen molar-refractivity contribution in [1.82, 2.24) is 4.90 Å². The molecule has 0 fully saturated rings. The predicted molar refractivity (Wildman–Crippen MR) is 82.5 cm³/mol. The average Bonchev–Trinajstić information content (AvgIpc) is 2.90. The van der Waals surface area contributed by atoms with Gasteiger partial charge in [-0.15, -0.1) is 11.3 Å². The number of aryl methyl sites for hydroxylation is 1. The molecule has 0 aliphatic carbocycles. The minimum atomic E-state index is 0.0382. The molecular formula is C14H23N3O2S. The number of carbonyl (C=O) groups is 1. The summed E-state index contributed by atoms with van der Waals surface area (Å²) in [4.78, 5) is 15.2. The number of oxime groups is 1. The van der Waals surface area contributed by atoms with Crippen LogP contribution in [0.3, 0.4) is 0 Å². The Morgan fingerprint density at radius 3 is 2.80 bits per heavy atom. The van der Waals surface area contributed by atoms with Gasteiger partial charge in [-0.05, 0) is 29.3 Å². The quantitative estimate of drug-likeness (QED) is 0.351. The third kappa shape index (κ3) is 4.52. The molecule has 112 valence electrons. The molecule has 1 rings (SSSR count). The number of thiophene rings is 1. The molecule has 0 aliphatic heterocycles. The molecule has 0 radical (unpaired) electrons. The zero-order chi connectivity index (χ0) is 15.1. The smallest absolute Gasteiger partial charge is 0.264 e. The third-order valence-electron chi connectivity index (χ3n) is 2.96. The number of nitrogens with two attached hydrogens (primary N) is 1. The first-order valence-corrected chi connectivity index (χ1v) is 7.69. The van der Waals surface area contributed by atoms with E-state index in [9.17, 15) is 4.79 Å². The van der Waals surface area contributed by atoms with Crippen LogP contribution in [0.4, 0.5) is 0 Å². The van der Waals surface area contributed by atoms with Crippen LogP contribution < -0.4 is 5.73 Å². The largest absolute Gasteiger partial charge is 0.409 e. The summed E-state index contributed by atoms with van der Waals surface area (Å²) in [6, 6.07) is 2.00. The molecule has 20 heavy (non-hydrogen) atoms. The maximum Gasteiger partial charge on any atom is 0.264 e. The lowest BCUT2D eigenvalue weighted by Gasteiger charge is -2.24. The molecule has 0 saturated carbocycles. The van der Waals surface area contributed by atoms with Crippen LogP contribution in [0.2, 0.25) is 0 Å². The molecule has 0 bridgehead atoms. The Labute approximate surface area is 124 Å². The van der Waals surface area contributed by atoms with Crippen molar-refractivity contribution in [3.05, 3.63) is 21.9 Å². The average molecular weight is 297 g/mol. The summed E-state index contributed by atoms with van der Waals surface area (Å²) in [6.07, 6.45) is 1.22. The number of nitrogens with zero attached hydrogens (tertiary/aromatic N) is 2. The van der Waals surface area contributed by atoms with Crippen LogP contribution in [0.5, 0.6) is 0 Å². The van der Waals surface area contributed by atoms with Crippen molar-refractivity contribution in [1.29, 1.82) is 0 Å². The summed E-state index contributed by atoms with van der Waals surface area (Å²) in [5, 5.41) is 13.5. The van der Waals surface area contributed by atoms with Crippen LogP contribution in [0.25, 0.3) is 0 Å². The van der Waals surface area contributed by atoms with Crippen LogP contribution in [0.15, 0.2) is 16.6 Å². The van der Waals surface area contributed by atoms with Crippen molar-refractivity contribution in [2.45, 2.75) is 33.6 Å². The van der Waals surface area contributed by atoms with E-state index in [1.165, 1.54) is 11.3 Å². The van der Waals surface area contributed by atoms with Gasteiger partial charge in [0.1, 0.15) is 5.84 Å². The number of amidine groups is 1. The van der Waals surface area contributed by atoms with E-state index in [0.29, 0.717) is 25.4 Å². The third-order valence-corrected chi connectivity index (χ3v) is 3.91. The normalized spacial score (nSPS) is 11.9. The van der Waals surface area contributed by atoms with Crippen LogP contribution >= 0.6 is 11.3 Å². The number of rotatable bonds is 7. The monoisotopic (exact) mass is 297 g/mol. The van der Waals surface area contributed by atoms with Crippen molar-refractivity contribution >= 4 is 23.1 Å². The summed E-state index contributed by atoms with van der Waals surface area (Å²) in [5.41, 5.74) is 6.57. The first kappa shape index (κ1) is 16.5. The highest BCUT2D eigenvalue weighted by molar-refractivity contribution is 7.12. The van der Waals surface area contributed by atoms with Gasteiger partial charge in [-0.3, -0.25) is 4.79 Å². The molecule has 0 aliphatic rings. The Hall–Kier alpha value is -1.56. The van der Waals surface area contributed by atoms with Gasteiger partial charge in [0.15, 0.2) is 0 Å². The lowest BCUT2D eigenvalue weighted by molar-refractivity contribution is 0.0744. The zero-order valence-corrected chi connectivity index (χ0v) is 13.1. The van der Waals surface area contributed by atoms with Crippen molar-refractivity contribution in [3.63, 3.8) is 0 Å². The van der Waals surface area contributed by atoms with E-state index in [4.69, 9.17) is 10.9 Å². The standard InChI is InChI=1S/C14H23N3O2S/c1-4-11-6-8-20-13(11)14(18)17(9-10(2)3)7-5-12(15)16-19/h6,8,10,19H,4-5,7,9H2,1-3H3,(H2,15,16). The summed E-state index contributed by atoms with van der Waals surface area (Å²) >= 11 is 1.48. The lowest BCUT2D eigenvalue weighted by atomic mass is 10.1. The number of amides is 1. The van der Waals surface area contributed by atoms with Gasteiger partial charge in [0.2, 0.25) is 0 Å². The Morgan fingerprint density at radius 2 is 2.25 bits per heavy atom. The summed E-state index contributed by atoms with van der Waals surface area (Å²) in [5.74, 6) is 0.556. The second kappa shape index (κ2) is 7.89. The van der Waals surface area contributed by atoms with Crippen LogP contribution in [-0.4, -0.2) is 34.9 Å². The highest BCUT2D eigenvalue weighted by Gasteiger charge is 2.20. The van der Waals surface area contributed by atoms with Gasteiger partial charge >= 0.3 is 0 Å². The van der Waals surface area contributed by atoms with E-state index in [1.54, 1.807) is 4.90 Å². The van der Waals surface area contributed by atoms with E-state index in [2.05, 4.69) is 19.0 Å². The minimum Gasteiger partial charge on any atom is -0.409 e. The van der Waals surface area contributed by atoms with Gasteiger partial charge < -0.3 is 15.8 Å². The molecule has 0 atom stereocenters. The summed E-state index contributed by atoms with van der Waals surface area (Å²) < 4.78 is 0. The van der Waals surface area contributed by atoms with E-state index in [0.717, 1.165) is 16.9 Å². The highest BCUT2D eigenvalue weighted by Crippen LogP contribution is 2.20. The topological polar surface area (TPSA) is 78.9 Å². The minimum absolute atomic E-state index is 0.0382. The first-order valence-electron chi connectivity index (χ1n) is 6.81. The predicted octanol–water partition coefficient (Wildman–Crippen LogP) is 2.55. The van der Waals surface area contributed by atoms with Gasteiger partial charge in [0, 0.05) is 19.5 Å². The molecule has 0 spiro atoms. The van der Waals surface area contributed by atoms with E-state index in [1.807, 2.05) is 18.4 Å². The first-order chi connectivity index (χ1) is 9.49. The van der Waals surface area contributed by atoms with Crippen molar-refractivity contribution in [2.75, 3.05) is 13.1 Å². The molecule has 1 aromatic rings. The Bertz CT molecular complexity index is 469. The molecule has 3 N–H and O–H groups in total.